The molecule has 5 aromatic rings. The van der Waals surface area contributed by atoms with E-state index in [9.17, 15) is 9.59 Å². The maximum atomic E-state index is 15.3. The van der Waals surface area contributed by atoms with Crippen LogP contribution in [0.4, 0.5) is 10.3 Å². The van der Waals surface area contributed by atoms with E-state index >= 15 is 4.39 Å². The molecule has 1 saturated carbocycles. The lowest BCUT2D eigenvalue weighted by Gasteiger charge is -2.17. The van der Waals surface area contributed by atoms with Gasteiger partial charge in [-0.3, -0.25) is 18.8 Å². The molecule has 0 aliphatic heterocycles. The van der Waals surface area contributed by atoms with Crippen molar-refractivity contribution in [2.75, 3.05) is 12.3 Å². The lowest BCUT2D eigenvalue weighted by atomic mass is 10.0. The van der Waals surface area contributed by atoms with Gasteiger partial charge in [0.1, 0.15) is 18.2 Å². The van der Waals surface area contributed by atoms with Crippen LogP contribution in [0.5, 0.6) is 0 Å². The number of anilines is 1. The van der Waals surface area contributed by atoms with E-state index in [1.807, 2.05) is 19.3 Å². The maximum Gasteiger partial charge on any atom is 0.320 e. The molecule has 41 heavy (non-hydrogen) atoms. The van der Waals surface area contributed by atoms with Crippen LogP contribution in [0.3, 0.4) is 0 Å². The van der Waals surface area contributed by atoms with Crippen molar-refractivity contribution in [2.24, 2.45) is 12.8 Å². The molecule has 0 radical (unpaired) electrons. The van der Waals surface area contributed by atoms with Crippen LogP contribution in [0.25, 0.3) is 27.8 Å². The van der Waals surface area contributed by atoms with Gasteiger partial charge in [0, 0.05) is 37.0 Å². The molecular formula is C29H27FN8O3. The summed E-state index contributed by atoms with van der Waals surface area (Å²) >= 11 is 0. The number of carbonyl (C=O) groups is 1. The van der Waals surface area contributed by atoms with Gasteiger partial charge in [0.2, 0.25) is 5.95 Å². The van der Waals surface area contributed by atoms with Crippen LogP contribution < -0.4 is 17.0 Å². The molecule has 4 N–H and O–H groups in total. The minimum Gasteiger partial charge on any atom is -0.460 e. The van der Waals surface area contributed by atoms with Gasteiger partial charge in [0.25, 0.3) is 5.56 Å². The summed E-state index contributed by atoms with van der Waals surface area (Å²) in [5.74, 6) is -0.226. The summed E-state index contributed by atoms with van der Waals surface area (Å²) in [5, 5.41) is 4.69. The number of halogens is 1. The highest BCUT2D eigenvalue weighted by atomic mass is 19.1. The summed E-state index contributed by atoms with van der Waals surface area (Å²) in [4.78, 5) is 38.9. The third-order valence-corrected chi connectivity index (χ3v) is 7.04. The second-order valence-corrected chi connectivity index (χ2v) is 10.0. The summed E-state index contributed by atoms with van der Waals surface area (Å²) < 4.78 is 23.7. The second-order valence-electron chi connectivity index (χ2n) is 10.0. The molecule has 6 rings (SSSR count). The Morgan fingerprint density at radius 3 is 2.73 bits per heavy atom. The van der Waals surface area contributed by atoms with Crippen molar-refractivity contribution in [3.05, 3.63) is 93.7 Å². The fourth-order valence-electron chi connectivity index (χ4n) is 4.95. The molecule has 0 bridgehead atoms. The van der Waals surface area contributed by atoms with E-state index in [-0.39, 0.29) is 30.3 Å². The highest BCUT2D eigenvalue weighted by Gasteiger charge is 2.25. The average molecular weight is 555 g/mol. The quantitative estimate of drug-likeness (QED) is 0.275. The molecule has 0 atom stereocenters. The number of aromatic nitrogens is 6. The first kappa shape index (κ1) is 26.3. The van der Waals surface area contributed by atoms with Crippen molar-refractivity contribution in [2.45, 2.75) is 31.8 Å². The highest BCUT2D eigenvalue weighted by Crippen LogP contribution is 2.41. The maximum absolute atomic E-state index is 15.3. The van der Waals surface area contributed by atoms with Crippen LogP contribution in [0.1, 0.15) is 41.3 Å². The van der Waals surface area contributed by atoms with Crippen molar-refractivity contribution in [3.63, 3.8) is 0 Å². The van der Waals surface area contributed by atoms with Crippen molar-refractivity contribution in [3.8, 4) is 17.1 Å². The summed E-state index contributed by atoms with van der Waals surface area (Å²) in [7, 11) is 1.81. The number of nitrogen functional groups attached to an aromatic ring is 1. The second kappa shape index (κ2) is 10.5. The van der Waals surface area contributed by atoms with Crippen molar-refractivity contribution < 1.29 is 13.9 Å². The summed E-state index contributed by atoms with van der Waals surface area (Å²) in [6.07, 6.45) is 7.53. The molecule has 12 heteroatoms. The number of hydrogen-bond acceptors (Lipinski definition) is 9. The standard InChI is InChI=1S/C29H27FN8O3/c1-37-14-16(13-33-37)9-24-34-27(36-29(32)35-24)20-3-2-4-23(21(20)15-41-25(39)12-31)38-8-7-18-10-19(17-5-6-17)11-22(30)26(18)28(38)40/h2-4,7-8,10-11,13-14,17H,5-6,9,12,15,31H2,1H3,(H2,32,34,35,36). The first-order chi connectivity index (χ1) is 19.8. The molecule has 1 aliphatic rings. The molecule has 1 fully saturated rings. The first-order valence-electron chi connectivity index (χ1n) is 13.1. The number of rotatable bonds is 8. The SMILES string of the molecule is Cn1cc(Cc2nc(N)nc(-c3cccc(-n4ccc5cc(C6CC6)cc(F)c5c4=O)c3COC(=O)CN)n2)cn1. The number of carbonyl (C=O) groups excluding carboxylic acids is 1. The predicted molar refractivity (Wildman–Crippen MR) is 150 cm³/mol. The van der Waals surface area contributed by atoms with E-state index < -0.39 is 17.3 Å². The Hall–Kier alpha value is -4.97. The molecule has 3 heterocycles. The van der Waals surface area contributed by atoms with Crippen LogP contribution in [0.15, 0.2) is 59.8 Å². The minimum atomic E-state index is -0.636. The number of nitrogens with zero attached hydrogens (tertiary/aromatic N) is 6. The van der Waals surface area contributed by atoms with Crippen molar-refractivity contribution >= 4 is 22.7 Å². The van der Waals surface area contributed by atoms with Crippen molar-refractivity contribution in [1.82, 2.24) is 29.3 Å². The average Bonchev–Trinajstić information content (AvgIpc) is 3.73. The van der Waals surface area contributed by atoms with Gasteiger partial charge in [-0.05, 0) is 53.5 Å². The Balaban J connectivity index is 1.49. The first-order valence-corrected chi connectivity index (χ1v) is 13.1. The number of hydrogen-bond donors (Lipinski definition) is 2. The molecule has 11 nitrogen and oxygen atoms in total. The lowest BCUT2D eigenvalue weighted by molar-refractivity contribution is -0.143. The third-order valence-electron chi connectivity index (χ3n) is 7.04. The molecule has 208 valence electrons. The van der Waals surface area contributed by atoms with E-state index in [2.05, 4.69) is 20.1 Å². The van der Waals surface area contributed by atoms with Crippen molar-refractivity contribution in [1.29, 1.82) is 0 Å². The predicted octanol–water partition coefficient (Wildman–Crippen LogP) is 2.77. The van der Waals surface area contributed by atoms with Gasteiger partial charge in [-0.2, -0.15) is 15.1 Å². The van der Waals surface area contributed by atoms with Crippen LogP contribution >= 0.6 is 0 Å². The number of fused-ring (bicyclic) bond motifs is 1. The Kier molecular flexibility index (Phi) is 6.75. The molecule has 0 saturated heterocycles. The Morgan fingerprint density at radius 2 is 2.00 bits per heavy atom. The molecular weight excluding hydrogens is 527 g/mol. The normalized spacial score (nSPS) is 13.0. The zero-order chi connectivity index (χ0) is 28.7. The Bertz CT molecular complexity index is 1860. The highest BCUT2D eigenvalue weighted by molar-refractivity contribution is 5.83. The van der Waals surface area contributed by atoms with E-state index in [0.717, 1.165) is 24.0 Å². The molecule has 0 spiro atoms. The fourth-order valence-corrected chi connectivity index (χ4v) is 4.95. The van der Waals surface area contributed by atoms with Gasteiger partial charge in [0.05, 0.1) is 23.8 Å². The van der Waals surface area contributed by atoms with Crippen LogP contribution in [-0.4, -0.2) is 41.8 Å². The third kappa shape index (κ3) is 5.29. The van der Waals surface area contributed by atoms with Gasteiger partial charge < -0.3 is 16.2 Å². The molecule has 3 aromatic heterocycles. The summed E-state index contributed by atoms with van der Waals surface area (Å²) in [6, 6.07) is 10.2. The molecule has 0 unspecified atom stereocenters. The van der Waals surface area contributed by atoms with E-state index in [1.54, 1.807) is 41.3 Å². The summed E-state index contributed by atoms with van der Waals surface area (Å²) in [5.41, 5.74) is 14.0. The number of esters is 1. The smallest absolute Gasteiger partial charge is 0.320 e. The number of ether oxygens (including phenoxy) is 1. The number of pyridine rings is 1. The zero-order valence-corrected chi connectivity index (χ0v) is 22.2. The number of benzene rings is 2. The van der Waals surface area contributed by atoms with E-state index in [0.29, 0.717) is 40.4 Å². The van der Waals surface area contributed by atoms with E-state index in [1.165, 1.54) is 10.6 Å². The van der Waals surface area contributed by atoms with Gasteiger partial charge >= 0.3 is 5.97 Å². The number of aryl methyl sites for hydroxylation is 1. The van der Waals surface area contributed by atoms with Gasteiger partial charge in [-0.15, -0.1) is 0 Å². The number of nitrogens with two attached hydrogens (primary N) is 2. The molecule has 0 amide bonds. The minimum absolute atomic E-state index is 0.000561. The largest absolute Gasteiger partial charge is 0.460 e. The molecule has 1 aliphatic carbocycles. The van der Waals surface area contributed by atoms with Crippen LogP contribution in [-0.2, 0) is 29.6 Å². The van der Waals surface area contributed by atoms with Gasteiger partial charge in [-0.1, -0.05) is 18.2 Å². The Morgan fingerprint density at radius 1 is 1.17 bits per heavy atom. The summed E-state index contributed by atoms with van der Waals surface area (Å²) in [6.45, 7) is -0.561. The lowest BCUT2D eigenvalue weighted by Crippen LogP contribution is -2.22. The monoisotopic (exact) mass is 554 g/mol. The topological polar surface area (TPSA) is 157 Å². The fraction of sp³-hybridized carbons (Fsp3) is 0.241. The van der Waals surface area contributed by atoms with Crippen LogP contribution in [0, 0.1) is 5.82 Å². The Labute approximate surface area is 233 Å². The molecule has 2 aromatic carbocycles. The van der Waals surface area contributed by atoms with Gasteiger partial charge in [0.15, 0.2) is 5.82 Å². The zero-order valence-electron chi connectivity index (χ0n) is 22.2. The van der Waals surface area contributed by atoms with E-state index in [4.69, 9.17) is 16.2 Å². The van der Waals surface area contributed by atoms with Gasteiger partial charge in [-0.25, -0.2) is 9.37 Å². The van der Waals surface area contributed by atoms with Crippen LogP contribution in [0.2, 0.25) is 0 Å².